The van der Waals surface area contributed by atoms with Gasteiger partial charge >= 0.3 is 0 Å². The Bertz CT molecular complexity index is 575. The van der Waals surface area contributed by atoms with Crippen LogP contribution in [0.2, 0.25) is 0 Å². The molecule has 0 saturated carbocycles. The molecule has 1 saturated heterocycles. The normalized spacial score (nSPS) is 17.2. The summed E-state index contributed by atoms with van der Waals surface area (Å²) in [4.78, 5) is 10.9. The van der Waals surface area contributed by atoms with Gasteiger partial charge in [-0.1, -0.05) is 11.8 Å². The molecule has 1 fully saturated rings. The largest absolute Gasteiger partial charge is 0.504 e. The van der Waals surface area contributed by atoms with E-state index in [0.717, 1.165) is 12.1 Å². The highest BCUT2D eigenvalue weighted by atomic mass is 32.2. The molecule has 1 aromatic carbocycles. The molecule has 1 aromatic rings. The highest BCUT2D eigenvalue weighted by Gasteiger charge is 2.16. The maximum absolute atomic E-state index is 13.2. The molecule has 1 aliphatic rings. The summed E-state index contributed by atoms with van der Waals surface area (Å²) in [6, 6.07) is 2.16. The van der Waals surface area contributed by atoms with Crippen molar-refractivity contribution < 1.29 is 19.0 Å². The Morgan fingerprint density at radius 2 is 2.37 bits per heavy atom. The Balaban J connectivity index is 2.19. The van der Waals surface area contributed by atoms with Gasteiger partial charge < -0.3 is 15.2 Å². The Morgan fingerprint density at radius 1 is 1.58 bits per heavy atom. The van der Waals surface area contributed by atoms with Crippen LogP contribution in [0.25, 0.3) is 0 Å². The zero-order valence-corrected chi connectivity index (χ0v) is 10.7. The van der Waals surface area contributed by atoms with Crippen LogP contribution in [0.3, 0.4) is 0 Å². The monoisotopic (exact) mass is 283 g/mol. The predicted octanol–water partition coefficient (Wildman–Crippen LogP) is 1.09. The molecule has 0 atom stereocenters. The summed E-state index contributed by atoms with van der Waals surface area (Å²) in [5, 5.41) is 20.0. The van der Waals surface area contributed by atoms with E-state index in [4.69, 9.17) is 4.74 Å². The number of phenols is 1. The third-order valence-electron chi connectivity index (χ3n) is 2.22. The smallest absolute Gasteiger partial charge is 0.236 e. The number of hydrogen-bond acceptors (Lipinski definition) is 6. The summed E-state index contributed by atoms with van der Waals surface area (Å²) in [6.45, 7) is 0. The Hall–Kier alpha value is -2.09. The number of ether oxygens (including phenoxy) is 1. The molecule has 0 radical (unpaired) electrons. The van der Waals surface area contributed by atoms with Gasteiger partial charge in [-0.15, -0.1) is 5.10 Å². The number of hydrogen-bond donors (Lipinski definition) is 2. The van der Waals surface area contributed by atoms with Gasteiger partial charge in [0.2, 0.25) is 5.91 Å². The fraction of sp³-hybridized carbons (Fsp3) is 0.182. The minimum atomic E-state index is -0.563. The van der Waals surface area contributed by atoms with E-state index in [-0.39, 0.29) is 23.0 Å². The summed E-state index contributed by atoms with van der Waals surface area (Å²) in [7, 11) is 1.32. The predicted molar refractivity (Wildman–Crippen MR) is 70.2 cm³/mol. The van der Waals surface area contributed by atoms with Crippen LogP contribution in [0, 0.1) is 5.82 Å². The topological polar surface area (TPSA) is 83.3 Å². The van der Waals surface area contributed by atoms with E-state index in [1.807, 2.05) is 0 Å². The number of nitrogens with zero attached hydrogens (tertiary/aromatic N) is 2. The molecule has 2 N–H and O–H groups in total. The fourth-order valence-electron chi connectivity index (χ4n) is 1.37. The number of carbonyl (C=O) groups excluding carboxylic acids is 1. The van der Waals surface area contributed by atoms with Crippen LogP contribution >= 0.6 is 11.8 Å². The lowest BCUT2D eigenvalue weighted by Gasteiger charge is -2.05. The Kier molecular flexibility index (Phi) is 4.00. The van der Waals surface area contributed by atoms with Gasteiger partial charge in [-0.2, -0.15) is 5.10 Å². The van der Waals surface area contributed by atoms with Crippen molar-refractivity contribution in [1.29, 1.82) is 0 Å². The summed E-state index contributed by atoms with van der Waals surface area (Å²) in [5.41, 5.74) is 0.135. The van der Waals surface area contributed by atoms with Crippen LogP contribution < -0.4 is 10.1 Å². The van der Waals surface area contributed by atoms with E-state index in [1.165, 1.54) is 25.1 Å². The Morgan fingerprint density at radius 3 is 3.00 bits per heavy atom. The van der Waals surface area contributed by atoms with Crippen LogP contribution in [-0.2, 0) is 4.79 Å². The Labute approximate surface area is 112 Å². The molecule has 0 bridgehead atoms. The minimum Gasteiger partial charge on any atom is -0.504 e. The molecule has 0 unspecified atom stereocenters. The molecular weight excluding hydrogens is 273 g/mol. The molecule has 1 aliphatic heterocycles. The maximum Gasteiger partial charge on any atom is 0.236 e. The molecule has 1 heterocycles. The molecule has 2 rings (SSSR count). The lowest BCUT2D eigenvalue weighted by molar-refractivity contribution is -0.116. The first-order chi connectivity index (χ1) is 9.10. The molecule has 0 aliphatic carbocycles. The van der Waals surface area contributed by atoms with Gasteiger partial charge in [-0.3, -0.25) is 4.79 Å². The number of phenolic OH excluding ortho intramolecular Hbond substituents is 1. The second-order valence-corrected chi connectivity index (χ2v) is 4.50. The zero-order chi connectivity index (χ0) is 13.8. The second-order valence-electron chi connectivity index (χ2n) is 3.53. The van der Waals surface area contributed by atoms with Crippen molar-refractivity contribution in [3.63, 3.8) is 0 Å². The summed E-state index contributed by atoms with van der Waals surface area (Å²) in [6.07, 6.45) is 1.18. The lowest BCUT2D eigenvalue weighted by atomic mass is 10.2. The standard InChI is InChI=1S/C11H10FN3O3S/c1-18-8-3-7(12)2-6(10(8)17)4-13-15-11-14-9(16)5-19-11/h2-4,17H,5H2,1H3,(H,14,15,16). The number of amides is 1. The van der Waals surface area contributed by atoms with E-state index in [9.17, 15) is 14.3 Å². The van der Waals surface area contributed by atoms with E-state index in [0.29, 0.717) is 10.9 Å². The van der Waals surface area contributed by atoms with Crippen LogP contribution in [0.15, 0.2) is 22.3 Å². The third-order valence-corrected chi connectivity index (χ3v) is 3.08. The number of rotatable bonds is 3. The van der Waals surface area contributed by atoms with Gasteiger partial charge in [0.05, 0.1) is 19.1 Å². The van der Waals surface area contributed by atoms with Gasteiger partial charge in [-0.05, 0) is 6.07 Å². The lowest BCUT2D eigenvalue weighted by Crippen LogP contribution is -2.19. The van der Waals surface area contributed by atoms with Crippen molar-refractivity contribution in [3.8, 4) is 11.5 Å². The molecule has 0 spiro atoms. The van der Waals surface area contributed by atoms with Gasteiger partial charge in [0, 0.05) is 11.6 Å². The van der Waals surface area contributed by atoms with E-state index >= 15 is 0 Å². The van der Waals surface area contributed by atoms with Crippen molar-refractivity contribution in [1.82, 2.24) is 5.32 Å². The number of benzene rings is 1. The van der Waals surface area contributed by atoms with Gasteiger partial charge in [0.25, 0.3) is 0 Å². The highest BCUT2D eigenvalue weighted by molar-refractivity contribution is 8.15. The van der Waals surface area contributed by atoms with Crippen molar-refractivity contribution in [2.45, 2.75) is 0 Å². The minimum absolute atomic E-state index is 0.0117. The molecule has 19 heavy (non-hydrogen) atoms. The van der Waals surface area contributed by atoms with Crippen LogP contribution in [0.1, 0.15) is 5.56 Å². The zero-order valence-electron chi connectivity index (χ0n) is 9.88. The molecule has 100 valence electrons. The average molecular weight is 283 g/mol. The van der Waals surface area contributed by atoms with Gasteiger partial charge in [-0.25, -0.2) is 4.39 Å². The maximum atomic E-state index is 13.2. The van der Waals surface area contributed by atoms with Crippen molar-refractivity contribution in [2.75, 3.05) is 12.9 Å². The number of halogens is 1. The summed E-state index contributed by atoms with van der Waals surface area (Å²) in [5.74, 6) is -0.622. The fourth-order valence-corrected chi connectivity index (χ4v) is 2.00. The highest BCUT2D eigenvalue weighted by Crippen LogP contribution is 2.29. The quantitative estimate of drug-likeness (QED) is 0.642. The van der Waals surface area contributed by atoms with E-state index in [2.05, 4.69) is 15.5 Å². The molecule has 0 aromatic heterocycles. The molecule has 8 heteroatoms. The van der Waals surface area contributed by atoms with Crippen molar-refractivity contribution in [2.24, 2.45) is 10.2 Å². The summed E-state index contributed by atoms with van der Waals surface area (Å²) >= 11 is 1.21. The SMILES string of the molecule is COc1cc(F)cc(C=NN=C2NC(=O)CS2)c1O. The number of aromatic hydroxyl groups is 1. The number of nitrogens with one attached hydrogen (secondary N) is 1. The first-order valence-corrected chi connectivity index (χ1v) is 6.19. The van der Waals surface area contributed by atoms with Crippen molar-refractivity contribution in [3.05, 3.63) is 23.5 Å². The number of thioether (sulfide) groups is 1. The summed E-state index contributed by atoms with van der Waals surface area (Å²) < 4.78 is 18.0. The number of carbonyl (C=O) groups is 1. The van der Waals surface area contributed by atoms with E-state index < -0.39 is 5.82 Å². The number of amidine groups is 1. The van der Waals surface area contributed by atoms with Gasteiger partial charge in [0.1, 0.15) is 5.82 Å². The van der Waals surface area contributed by atoms with Crippen LogP contribution in [0.4, 0.5) is 4.39 Å². The second kappa shape index (κ2) is 5.70. The average Bonchev–Trinajstić information content (AvgIpc) is 2.79. The van der Waals surface area contributed by atoms with Crippen LogP contribution in [-0.4, -0.2) is 35.3 Å². The van der Waals surface area contributed by atoms with Crippen molar-refractivity contribution >= 4 is 29.1 Å². The first-order valence-electron chi connectivity index (χ1n) is 5.20. The van der Waals surface area contributed by atoms with Gasteiger partial charge in [0.15, 0.2) is 16.7 Å². The van der Waals surface area contributed by atoms with Crippen LogP contribution in [0.5, 0.6) is 11.5 Å². The van der Waals surface area contributed by atoms with E-state index in [1.54, 1.807) is 0 Å². The molecular formula is C11H10FN3O3S. The molecule has 1 amide bonds. The number of methoxy groups -OCH3 is 1. The first kappa shape index (κ1) is 13.3. The third kappa shape index (κ3) is 3.22. The molecule has 6 nitrogen and oxygen atoms in total.